The average Bonchev–Trinajstić information content (AvgIpc) is 2.54. The van der Waals surface area contributed by atoms with Crippen LogP contribution in [0.1, 0.15) is 26.2 Å². The third kappa shape index (κ3) is 3.10. The Balaban J connectivity index is 1.94. The van der Waals surface area contributed by atoms with E-state index in [0.29, 0.717) is 45.5 Å². The van der Waals surface area contributed by atoms with Crippen LogP contribution >= 0.6 is 0 Å². The molecule has 0 spiro atoms. The Morgan fingerprint density at radius 1 is 1.33 bits per heavy atom. The van der Waals surface area contributed by atoms with Gasteiger partial charge in [0, 0.05) is 19.6 Å². The molecule has 2 aliphatic rings. The van der Waals surface area contributed by atoms with Gasteiger partial charge in [-0.05, 0) is 19.3 Å². The third-order valence-corrected chi connectivity index (χ3v) is 4.60. The maximum atomic E-state index is 12.4. The largest absolute Gasteiger partial charge is 0.481 e. The smallest absolute Gasteiger partial charge is 0.320 e. The number of amides is 2. The monoisotopic (exact) mass is 295 g/mol. The number of hydrogen-bond donors (Lipinski definition) is 1. The normalized spacial score (nSPS) is 25.2. The molecule has 2 heterocycles. The van der Waals surface area contributed by atoms with Crippen molar-refractivity contribution in [3.8, 4) is 6.07 Å². The molecule has 0 aromatic heterocycles. The molecule has 2 saturated heterocycles. The second-order valence-corrected chi connectivity index (χ2v) is 5.64. The standard InChI is InChI=1S/C14H21N3O4/c1-2-14(12(18)19)3-5-16(6-4-14)13(20)17-7-8-21-11(9-15)10-17/h11H,2-8,10H2,1H3,(H,18,19). The lowest BCUT2D eigenvalue weighted by Crippen LogP contribution is -2.54. The topological polar surface area (TPSA) is 93.9 Å². The zero-order chi connectivity index (χ0) is 15.5. The van der Waals surface area contributed by atoms with Crippen LogP contribution in [0.5, 0.6) is 0 Å². The van der Waals surface area contributed by atoms with Crippen LogP contribution in [0.2, 0.25) is 0 Å². The van der Waals surface area contributed by atoms with Crippen LogP contribution in [0.15, 0.2) is 0 Å². The SMILES string of the molecule is CCC1(C(=O)O)CCN(C(=O)N2CCOC(C#N)C2)CC1. The molecule has 0 bridgehead atoms. The number of likely N-dealkylation sites (tertiary alicyclic amines) is 1. The van der Waals surface area contributed by atoms with Crippen molar-refractivity contribution < 1.29 is 19.4 Å². The fourth-order valence-electron chi connectivity index (χ4n) is 2.95. The molecule has 21 heavy (non-hydrogen) atoms. The fraction of sp³-hybridized carbons (Fsp3) is 0.786. The van der Waals surface area contributed by atoms with E-state index in [1.54, 1.807) is 9.80 Å². The van der Waals surface area contributed by atoms with E-state index in [4.69, 9.17) is 10.00 Å². The zero-order valence-electron chi connectivity index (χ0n) is 12.2. The zero-order valence-corrected chi connectivity index (χ0v) is 12.2. The second kappa shape index (κ2) is 6.31. The van der Waals surface area contributed by atoms with Gasteiger partial charge in [0.2, 0.25) is 0 Å². The first-order valence-corrected chi connectivity index (χ1v) is 7.31. The molecule has 0 aromatic rings. The van der Waals surface area contributed by atoms with Crippen molar-refractivity contribution in [2.24, 2.45) is 5.41 Å². The number of carbonyl (C=O) groups excluding carboxylic acids is 1. The Hall–Kier alpha value is -1.81. The van der Waals surface area contributed by atoms with Crippen molar-refractivity contribution in [2.45, 2.75) is 32.3 Å². The highest BCUT2D eigenvalue weighted by molar-refractivity contribution is 5.77. The highest BCUT2D eigenvalue weighted by atomic mass is 16.5. The molecule has 116 valence electrons. The van der Waals surface area contributed by atoms with Crippen molar-refractivity contribution in [1.82, 2.24) is 9.80 Å². The molecule has 1 atom stereocenters. The van der Waals surface area contributed by atoms with Crippen molar-refractivity contribution in [1.29, 1.82) is 5.26 Å². The summed E-state index contributed by atoms with van der Waals surface area (Å²) in [5.41, 5.74) is -0.697. The molecule has 2 fully saturated rings. The summed E-state index contributed by atoms with van der Waals surface area (Å²) in [6, 6.07) is 1.90. The maximum Gasteiger partial charge on any atom is 0.320 e. The van der Waals surface area contributed by atoms with Gasteiger partial charge in [0.25, 0.3) is 0 Å². The number of rotatable bonds is 2. The Labute approximate surface area is 124 Å². The van der Waals surface area contributed by atoms with Gasteiger partial charge >= 0.3 is 12.0 Å². The highest BCUT2D eigenvalue weighted by Gasteiger charge is 2.41. The van der Waals surface area contributed by atoms with Crippen LogP contribution in [-0.2, 0) is 9.53 Å². The van der Waals surface area contributed by atoms with E-state index in [1.165, 1.54) is 0 Å². The molecular formula is C14H21N3O4. The number of morpholine rings is 1. The van der Waals surface area contributed by atoms with E-state index in [1.807, 2.05) is 13.0 Å². The van der Waals surface area contributed by atoms with E-state index in [0.717, 1.165) is 0 Å². The number of aliphatic carboxylic acids is 1. The summed E-state index contributed by atoms with van der Waals surface area (Å²) < 4.78 is 5.23. The van der Waals surface area contributed by atoms with Crippen LogP contribution in [0.4, 0.5) is 4.79 Å². The van der Waals surface area contributed by atoms with Gasteiger partial charge in [0.05, 0.1) is 24.6 Å². The molecule has 7 nitrogen and oxygen atoms in total. The number of ether oxygens (including phenoxy) is 1. The van der Waals surface area contributed by atoms with E-state index >= 15 is 0 Å². The van der Waals surface area contributed by atoms with E-state index in [9.17, 15) is 14.7 Å². The number of carbonyl (C=O) groups is 2. The minimum atomic E-state index is -0.770. The van der Waals surface area contributed by atoms with Gasteiger partial charge < -0.3 is 19.6 Å². The second-order valence-electron chi connectivity index (χ2n) is 5.64. The van der Waals surface area contributed by atoms with Gasteiger partial charge in [-0.25, -0.2) is 4.79 Å². The minimum absolute atomic E-state index is 0.117. The number of hydrogen-bond acceptors (Lipinski definition) is 4. The molecule has 2 amide bonds. The number of carboxylic acid groups (broad SMARTS) is 1. The van der Waals surface area contributed by atoms with Crippen LogP contribution in [0.25, 0.3) is 0 Å². The maximum absolute atomic E-state index is 12.4. The van der Waals surface area contributed by atoms with Crippen molar-refractivity contribution in [3.63, 3.8) is 0 Å². The van der Waals surface area contributed by atoms with Gasteiger partial charge in [-0.2, -0.15) is 5.26 Å². The van der Waals surface area contributed by atoms with Crippen LogP contribution < -0.4 is 0 Å². The van der Waals surface area contributed by atoms with E-state index < -0.39 is 17.5 Å². The quantitative estimate of drug-likeness (QED) is 0.817. The molecule has 0 aliphatic carbocycles. The van der Waals surface area contributed by atoms with Gasteiger partial charge in [-0.3, -0.25) is 4.79 Å². The first-order valence-electron chi connectivity index (χ1n) is 7.31. The summed E-state index contributed by atoms with van der Waals surface area (Å²) in [4.78, 5) is 27.1. The highest BCUT2D eigenvalue weighted by Crippen LogP contribution is 2.35. The predicted molar refractivity (Wildman–Crippen MR) is 73.5 cm³/mol. The number of carboxylic acids is 1. The molecule has 0 aromatic carbocycles. The molecule has 0 radical (unpaired) electrons. The predicted octanol–water partition coefficient (Wildman–Crippen LogP) is 0.908. The van der Waals surface area contributed by atoms with E-state index in [-0.39, 0.29) is 12.6 Å². The molecule has 0 saturated carbocycles. The Kier molecular flexibility index (Phi) is 4.68. The summed E-state index contributed by atoms with van der Waals surface area (Å²) in [5.74, 6) is -0.770. The first-order chi connectivity index (χ1) is 10.0. The summed E-state index contributed by atoms with van der Waals surface area (Å²) in [6.45, 7) is 3.91. The van der Waals surface area contributed by atoms with Crippen molar-refractivity contribution in [2.75, 3.05) is 32.8 Å². The van der Waals surface area contributed by atoms with Gasteiger partial charge in [0.15, 0.2) is 6.10 Å². The van der Waals surface area contributed by atoms with Crippen LogP contribution in [-0.4, -0.2) is 65.8 Å². The fourth-order valence-corrected chi connectivity index (χ4v) is 2.95. The van der Waals surface area contributed by atoms with Gasteiger partial charge in [-0.15, -0.1) is 0 Å². The molecule has 1 unspecified atom stereocenters. The van der Waals surface area contributed by atoms with E-state index in [2.05, 4.69) is 0 Å². The molecule has 7 heteroatoms. The first kappa shape index (κ1) is 15.6. The molecule has 2 aliphatic heterocycles. The number of piperidine rings is 1. The summed E-state index contributed by atoms with van der Waals surface area (Å²) in [7, 11) is 0. The molecule has 1 N–H and O–H groups in total. The summed E-state index contributed by atoms with van der Waals surface area (Å²) in [6.07, 6.45) is 0.979. The summed E-state index contributed by atoms with van der Waals surface area (Å²) in [5, 5.41) is 18.2. The van der Waals surface area contributed by atoms with Crippen LogP contribution in [0, 0.1) is 16.7 Å². The van der Waals surface area contributed by atoms with Crippen molar-refractivity contribution >= 4 is 12.0 Å². The lowest BCUT2D eigenvalue weighted by Gasteiger charge is -2.41. The third-order valence-electron chi connectivity index (χ3n) is 4.60. The molecular weight excluding hydrogens is 274 g/mol. The lowest BCUT2D eigenvalue weighted by molar-refractivity contribution is -0.152. The average molecular weight is 295 g/mol. The Bertz CT molecular complexity index is 452. The van der Waals surface area contributed by atoms with Crippen molar-refractivity contribution in [3.05, 3.63) is 0 Å². The number of nitrogens with zero attached hydrogens (tertiary/aromatic N) is 3. The Morgan fingerprint density at radius 3 is 2.52 bits per heavy atom. The van der Waals surface area contributed by atoms with Gasteiger partial charge in [0.1, 0.15) is 0 Å². The molecule has 2 rings (SSSR count). The number of urea groups is 1. The van der Waals surface area contributed by atoms with Crippen LogP contribution in [0.3, 0.4) is 0 Å². The Morgan fingerprint density at radius 2 is 2.00 bits per heavy atom. The minimum Gasteiger partial charge on any atom is -0.481 e. The summed E-state index contributed by atoms with van der Waals surface area (Å²) >= 11 is 0. The number of nitriles is 1. The lowest BCUT2D eigenvalue weighted by atomic mass is 9.76. The van der Waals surface area contributed by atoms with Gasteiger partial charge in [-0.1, -0.05) is 6.92 Å².